The van der Waals surface area contributed by atoms with Crippen molar-refractivity contribution in [3.8, 4) is 44.8 Å². The van der Waals surface area contributed by atoms with Gasteiger partial charge in [0.2, 0.25) is 0 Å². The molecule has 0 amide bonds. The number of hydrogen-bond donors (Lipinski definition) is 0. The number of fused-ring (bicyclic) bond motifs is 6. The van der Waals surface area contributed by atoms with Gasteiger partial charge < -0.3 is 14.0 Å². The van der Waals surface area contributed by atoms with E-state index in [0.29, 0.717) is 0 Å². The summed E-state index contributed by atoms with van der Waals surface area (Å²) in [5.41, 5.74) is 17.5. The first kappa shape index (κ1) is 36.5. The molecule has 0 aliphatic carbocycles. The normalized spacial score (nSPS) is 11.5. The average molecular weight is 804 g/mol. The lowest BCUT2D eigenvalue weighted by Gasteiger charge is -2.26. The second kappa shape index (κ2) is 15.3. The first-order valence-corrected chi connectivity index (χ1v) is 21.6. The largest absolute Gasteiger partial charge is 0.311 e. The van der Waals surface area contributed by atoms with Gasteiger partial charge in [0.25, 0.3) is 0 Å². The van der Waals surface area contributed by atoms with E-state index in [0.717, 1.165) is 28.4 Å². The van der Waals surface area contributed by atoms with Gasteiger partial charge in [0.1, 0.15) is 0 Å². The topological polar surface area (TPSA) is 13.1 Å². The summed E-state index contributed by atoms with van der Waals surface area (Å²) in [6.07, 6.45) is 0. The van der Waals surface area contributed by atoms with E-state index >= 15 is 0 Å². The van der Waals surface area contributed by atoms with Crippen LogP contribution in [0.4, 0.5) is 17.1 Å². The molecule has 0 unspecified atom stereocenters. The third kappa shape index (κ3) is 6.38. The molecule has 10 aromatic carbocycles. The highest BCUT2D eigenvalue weighted by atomic mass is 15.1. The number of anilines is 3. The van der Waals surface area contributed by atoms with Crippen LogP contribution < -0.4 is 4.90 Å². The molecule has 12 rings (SSSR count). The summed E-state index contributed by atoms with van der Waals surface area (Å²) < 4.78 is 4.81. The predicted octanol–water partition coefficient (Wildman–Crippen LogP) is 16.4. The maximum absolute atomic E-state index is 2.42. The molecule has 296 valence electrons. The maximum atomic E-state index is 2.42. The lowest BCUT2D eigenvalue weighted by molar-refractivity contribution is 1.13. The summed E-state index contributed by atoms with van der Waals surface area (Å²) in [5, 5.41) is 4.99. The Morgan fingerprint density at radius 1 is 0.222 bits per heavy atom. The number of para-hydroxylation sites is 3. The third-order valence-corrected chi connectivity index (χ3v) is 12.5. The first-order chi connectivity index (χ1) is 31.2. The molecular formula is C60H41N3. The van der Waals surface area contributed by atoms with Gasteiger partial charge in [0, 0.05) is 50.0 Å². The summed E-state index contributed by atoms with van der Waals surface area (Å²) in [6.45, 7) is 0. The van der Waals surface area contributed by atoms with Crippen molar-refractivity contribution in [2.75, 3.05) is 4.90 Å². The molecule has 0 atom stereocenters. The Kier molecular flexibility index (Phi) is 8.83. The average Bonchev–Trinajstić information content (AvgIpc) is 3.88. The van der Waals surface area contributed by atoms with Gasteiger partial charge in [-0.1, -0.05) is 164 Å². The van der Waals surface area contributed by atoms with Crippen molar-refractivity contribution in [3.63, 3.8) is 0 Å². The van der Waals surface area contributed by atoms with Gasteiger partial charge in [-0.05, 0) is 118 Å². The molecule has 3 nitrogen and oxygen atoms in total. The molecule has 12 aromatic rings. The number of benzene rings is 10. The fourth-order valence-electron chi connectivity index (χ4n) is 9.52. The Hall–Kier alpha value is -8.40. The number of hydrogen-bond acceptors (Lipinski definition) is 1. The van der Waals surface area contributed by atoms with Crippen LogP contribution in [0, 0.1) is 0 Å². The molecule has 0 saturated carbocycles. The minimum Gasteiger partial charge on any atom is -0.311 e. The van der Waals surface area contributed by atoms with E-state index in [2.05, 4.69) is 263 Å². The standard InChI is InChI=1S/C60H41N3/c1-3-14-42(15-4-1)44-26-33-48(34-27-44)61(49-35-28-45(29-36-49)43-16-5-2-6-17-43)50-37-30-46(31-38-50)47-32-39-60-56(40-47)55-22-9-12-25-59(55)63(60)52-19-13-18-51(41-52)62-57-23-10-7-20-53(57)54-21-8-11-24-58(54)62/h1-41H. The lowest BCUT2D eigenvalue weighted by atomic mass is 10.0. The van der Waals surface area contributed by atoms with Crippen LogP contribution in [-0.4, -0.2) is 9.13 Å². The predicted molar refractivity (Wildman–Crippen MR) is 266 cm³/mol. The highest BCUT2D eigenvalue weighted by Gasteiger charge is 2.18. The second-order valence-electron chi connectivity index (χ2n) is 16.2. The molecule has 3 heteroatoms. The fraction of sp³-hybridized carbons (Fsp3) is 0. The van der Waals surface area contributed by atoms with E-state index in [1.54, 1.807) is 0 Å². The molecule has 0 radical (unpaired) electrons. The zero-order chi connectivity index (χ0) is 41.7. The molecule has 2 heterocycles. The van der Waals surface area contributed by atoms with Crippen LogP contribution in [0.1, 0.15) is 0 Å². The molecule has 0 saturated heterocycles. The minimum atomic E-state index is 1.10. The SMILES string of the molecule is c1ccc(-c2ccc(N(c3ccc(-c4ccccc4)cc3)c3ccc(-c4ccc5c(c4)c4ccccc4n5-c4cccc(-n5c6ccccc6c6ccccc65)c4)cc3)cc2)cc1. The maximum Gasteiger partial charge on any atom is 0.0541 e. The summed E-state index contributed by atoms with van der Waals surface area (Å²) in [5.74, 6) is 0. The van der Waals surface area contributed by atoms with Crippen molar-refractivity contribution in [1.82, 2.24) is 9.13 Å². The van der Waals surface area contributed by atoms with Crippen molar-refractivity contribution in [1.29, 1.82) is 0 Å². The molecule has 0 N–H and O–H groups in total. The van der Waals surface area contributed by atoms with Crippen molar-refractivity contribution < 1.29 is 0 Å². The number of aromatic nitrogens is 2. The monoisotopic (exact) mass is 803 g/mol. The zero-order valence-electron chi connectivity index (χ0n) is 34.5. The van der Waals surface area contributed by atoms with Crippen molar-refractivity contribution in [3.05, 3.63) is 249 Å². The molecule has 2 aromatic heterocycles. The molecule has 0 spiro atoms. The highest BCUT2D eigenvalue weighted by Crippen LogP contribution is 2.40. The molecule has 0 aliphatic rings. The Labute approximate surface area is 366 Å². The molecule has 0 fully saturated rings. The van der Waals surface area contributed by atoms with Gasteiger partial charge in [0.05, 0.1) is 22.1 Å². The third-order valence-electron chi connectivity index (χ3n) is 12.5. The van der Waals surface area contributed by atoms with Crippen molar-refractivity contribution in [2.45, 2.75) is 0 Å². The summed E-state index contributed by atoms with van der Waals surface area (Å²) in [7, 11) is 0. The van der Waals surface area contributed by atoms with Gasteiger partial charge in [-0.15, -0.1) is 0 Å². The minimum absolute atomic E-state index is 1.10. The van der Waals surface area contributed by atoms with Crippen LogP contribution in [0.25, 0.3) is 88.4 Å². The lowest BCUT2D eigenvalue weighted by Crippen LogP contribution is -2.09. The number of rotatable bonds is 8. The van der Waals surface area contributed by atoms with Crippen LogP contribution in [0.15, 0.2) is 249 Å². The number of nitrogens with zero attached hydrogens (tertiary/aromatic N) is 3. The van der Waals surface area contributed by atoms with Gasteiger partial charge in [-0.3, -0.25) is 0 Å². The fourth-order valence-corrected chi connectivity index (χ4v) is 9.52. The van der Waals surface area contributed by atoms with Crippen LogP contribution >= 0.6 is 0 Å². The second-order valence-corrected chi connectivity index (χ2v) is 16.2. The summed E-state index contributed by atoms with van der Waals surface area (Å²) in [4.78, 5) is 2.34. The van der Waals surface area contributed by atoms with E-state index in [-0.39, 0.29) is 0 Å². The van der Waals surface area contributed by atoms with Crippen molar-refractivity contribution >= 4 is 60.7 Å². The highest BCUT2D eigenvalue weighted by molar-refractivity contribution is 6.11. The molecule has 0 aliphatic heterocycles. The summed E-state index contributed by atoms with van der Waals surface area (Å²) in [6, 6.07) is 90.0. The molecule has 0 bridgehead atoms. The van der Waals surface area contributed by atoms with Crippen LogP contribution in [-0.2, 0) is 0 Å². The van der Waals surface area contributed by atoms with E-state index in [1.807, 2.05) is 0 Å². The molecular weight excluding hydrogens is 763 g/mol. The molecule has 63 heavy (non-hydrogen) atoms. The van der Waals surface area contributed by atoms with E-state index < -0.39 is 0 Å². The Morgan fingerprint density at radius 3 is 1.00 bits per heavy atom. The van der Waals surface area contributed by atoms with E-state index in [4.69, 9.17) is 0 Å². The van der Waals surface area contributed by atoms with Crippen LogP contribution in [0.5, 0.6) is 0 Å². The van der Waals surface area contributed by atoms with Gasteiger partial charge in [-0.25, -0.2) is 0 Å². The van der Waals surface area contributed by atoms with Gasteiger partial charge in [0.15, 0.2) is 0 Å². The van der Waals surface area contributed by atoms with E-state index in [9.17, 15) is 0 Å². The van der Waals surface area contributed by atoms with Crippen LogP contribution in [0.3, 0.4) is 0 Å². The van der Waals surface area contributed by atoms with Gasteiger partial charge >= 0.3 is 0 Å². The first-order valence-electron chi connectivity index (χ1n) is 21.6. The Balaban J connectivity index is 0.922. The van der Waals surface area contributed by atoms with Crippen LogP contribution in [0.2, 0.25) is 0 Å². The van der Waals surface area contributed by atoms with E-state index in [1.165, 1.54) is 77.0 Å². The summed E-state index contributed by atoms with van der Waals surface area (Å²) >= 11 is 0. The van der Waals surface area contributed by atoms with Crippen molar-refractivity contribution in [2.24, 2.45) is 0 Å². The Morgan fingerprint density at radius 2 is 0.556 bits per heavy atom. The van der Waals surface area contributed by atoms with Gasteiger partial charge in [-0.2, -0.15) is 0 Å². The smallest absolute Gasteiger partial charge is 0.0541 e. The zero-order valence-corrected chi connectivity index (χ0v) is 34.5. The quantitative estimate of drug-likeness (QED) is 0.149. The Bertz CT molecular complexity index is 3450.